The van der Waals surface area contributed by atoms with Gasteiger partial charge in [-0.05, 0) is 12.5 Å². The molecule has 0 saturated carbocycles. The Morgan fingerprint density at radius 1 is 1.67 bits per heavy atom. The predicted octanol–water partition coefficient (Wildman–Crippen LogP) is 2.63. The van der Waals surface area contributed by atoms with E-state index < -0.39 is 12.1 Å². The zero-order valence-corrected chi connectivity index (χ0v) is 9.42. The lowest BCUT2D eigenvalue weighted by molar-refractivity contribution is -0.145. The van der Waals surface area contributed by atoms with Crippen molar-refractivity contribution in [3.05, 3.63) is 22.3 Å². The Labute approximate surface area is 96.8 Å². The number of aliphatic carboxylic acids is 1. The summed E-state index contributed by atoms with van der Waals surface area (Å²) in [6.07, 6.45) is 0.726. The van der Waals surface area contributed by atoms with E-state index in [4.69, 9.17) is 33.0 Å². The van der Waals surface area contributed by atoms with Crippen LogP contribution in [0.5, 0.6) is 5.88 Å². The highest BCUT2D eigenvalue weighted by Crippen LogP contribution is 2.25. The molecule has 0 aliphatic carbocycles. The molecule has 15 heavy (non-hydrogen) atoms. The molecule has 0 aliphatic rings. The van der Waals surface area contributed by atoms with Crippen LogP contribution >= 0.6 is 23.2 Å². The number of rotatable bonds is 4. The SMILES string of the molecule is CCC(Oc1ncc(Cl)cc1Cl)C(=O)O. The van der Waals surface area contributed by atoms with Crippen molar-refractivity contribution in [2.24, 2.45) is 0 Å². The minimum absolute atomic E-state index is 0.0790. The number of carboxylic acid groups (broad SMARTS) is 1. The highest BCUT2D eigenvalue weighted by Gasteiger charge is 2.18. The molecule has 82 valence electrons. The number of carboxylic acids is 1. The average molecular weight is 250 g/mol. The van der Waals surface area contributed by atoms with Crippen LogP contribution < -0.4 is 4.74 Å². The van der Waals surface area contributed by atoms with Gasteiger partial charge in [0.05, 0.1) is 5.02 Å². The molecule has 0 aromatic carbocycles. The zero-order chi connectivity index (χ0) is 11.4. The molecule has 0 aliphatic heterocycles. The summed E-state index contributed by atoms with van der Waals surface area (Å²) in [5.41, 5.74) is 0. The van der Waals surface area contributed by atoms with E-state index in [0.29, 0.717) is 11.4 Å². The molecule has 1 atom stereocenters. The number of halogens is 2. The van der Waals surface area contributed by atoms with Crippen LogP contribution in [0.15, 0.2) is 12.3 Å². The van der Waals surface area contributed by atoms with E-state index in [1.165, 1.54) is 12.3 Å². The summed E-state index contributed by atoms with van der Waals surface area (Å²) < 4.78 is 5.11. The number of carbonyl (C=O) groups is 1. The molecule has 0 amide bonds. The summed E-state index contributed by atoms with van der Waals surface area (Å²) in [5, 5.41) is 9.33. The molecular formula is C9H9Cl2NO3. The van der Waals surface area contributed by atoms with Crippen molar-refractivity contribution in [1.29, 1.82) is 0 Å². The van der Waals surface area contributed by atoms with Crippen LogP contribution in [0.3, 0.4) is 0 Å². The first kappa shape index (κ1) is 12.1. The van der Waals surface area contributed by atoms with Crippen molar-refractivity contribution >= 4 is 29.2 Å². The predicted molar refractivity (Wildman–Crippen MR) is 56.6 cm³/mol. The Balaban J connectivity index is 2.84. The van der Waals surface area contributed by atoms with E-state index in [-0.39, 0.29) is 10.9 Å². The van der Waals surface area contributed by atoms with Gasteiger partial charge in [0.1, 0.15) is 5.02 Å². The van der Waals surface area contributed by atoms with Crippen LogP contribution in [0.25, 0.3) is 0 Å². The monoisotopic (exact) mass is 249 g/mol. The summed E-state index contributed by atoms with van der Waals surface area (Å²) in [6, 6.07) is 1.44. The van der Waals surface area contributed by atoms with E-state index in [1.807, 2.05) is 0 Å². The van der Waals surface area contributed by atoms with Crippen molar-refractivity contribution in [2.45, 2.75) is 19.4 Å². The molecule has 0 spiro atoms. The summed E-state index contributed by atoms with van der Waals surface area (Å²) in [5.74, 6) is -0.972. The van der Waals surface area contributed by atoms with Gasteiger partial charge in [-0.3, -0.25) is 0 Å². The van der Waals surface area contributed by atoms with Gasteiger partial charge in [0, 0.05) is 6.20 Å². The Kier molecular flexibility index (Phi) is 4.17. The lowest BCUT2D eigenvalue weighted by Crippen LogP contribution is -2.26. The van der Waals surface area contributed by atoms with Gasteiger partial charge >= 0.3 is 5.97 Å². The van der Waals surface area contributed by atoms with Crippen LogP contribution in [-0.4, -0.2) is 22.2 Å². The lowest BCUT2D eigenvalue weighted by Gasteiger charge is -2.12. The van der Waals surface area contributed by atoms with Crippen LogP contribution in [0.2, 0.25) is 10.0 Å². The molecule has 0 bridgehead atoms. The number of pyridine rings is 1. The summed E-state index contributed by atoms with van der Waals surface area (Å²) in [6.45, 7) is 1.70. The number of hydrogen-bond acceptors (Lipinski definition) is 3. The van der Waals surface area contributed by atoms with Gasteiger partial charge in [0.2, 0.25) is 5.88 Å². The van der Waals surface area contributed by atoms with Crippen molar-refractivity contribution in [2.75, 3.05) is 0 Å². The molecule has 1 rings (SSSR count). The van der Waals surface area contributed by atoms with Crippen molar-refractivity contribution in [3.8, 4) is 5.88 Å². The first-order valence-corrected chi connectivity index (χ1v) is 5.00. The van der Waals surface area contributed by atoms with Crippen LogP contribution in [-0.2, 0) is 4.79 Å². The lowest BCUT2D eigenvalue weighted by atomic mass is 10.3. The van der Waals surface area contributed by atoms with E-state index >= 15 is 0 Å². The van der Waals surface area contributed by atoms with Gasteiger partial charge in [-0.1, -0.05) is 30.1 Å². The maximum atomic E-state index is 10.7. The number of nitrogens with zero attached hydrogens (tertiary/aromatic N) is 1. The minimum Gasteiger partial charge on any atom is -0.479 e. The van der Waals surface area contributed by atoms with Crippen molar-refractivity contribution in [3.63, 3.8) is 0 Å². The van der Waals surface area contributed by atoms with Crippen LogP contribution in [0.4, 0.5) is 0 Å². The third-order valence-corrected chi connectivity index (χ3v) is 2.15. The fourth-order valence-corrected chi connectivity index (χ4v) is 1.36. The standard InChI is InChI=1S/C9H9Cl2NO3/c1-2-7(9(13)14)15-8-6(11)3-5(10)4-12-8/h3-4,7H,2H2,1H3,(H,13,14). The molecule has 1 unspecified atom stereocenters. The Morgan fingerprint density at radius 3 is 2.80 bits per heavy atom. The summed E-state index contributed by atoms with van der Waals surface area (Å²) >= 11 is 11.4. The molecule has 1 aromatic heterocycles. The van der Waals surface area contributed by atoms with Gasteiger partial charge < -0.3 is 9.84 Å². The van der Waals surface area contributed by atoms with E-state index in [0.717, 1.165) is 0 Å². The molecule has 0 saturated heterocycles. The second-order valence-electron chi connectivity index (χ2n) is 2.79. The number of hydrogen-bond donors (Lipinski definition) is 1. The normalized spacial score (nSPS) is 12.2. The summed E-state index contributed by atoms with van der Waals surface area (Å²) in [4.78, 5) is 14.5. The quantitative estimate of drug-likeness (QED) is 0.892. The van der Waals surface area contributed by atoms with Crippen molar-refractivity contribution in [1.82, 2.24) is 4.98 Å². The smallest absolute Gasteiger partial charge is 0.344 e. The summed E-state index contributed by atoms with van der Waals surface area (Å²) in [7, 11) is 0. The van der Waals surface area contributed by atoms with Gasteiger partial charge in [-0.15, -0.1) is 0 Å². The largest absolute Gasteiger partial charge is 0.479 e. The molecular weight excluding hydrogens is 241 g/mol. The van der Waals surface area contributed by atoms with Gasteiger partial charge in [-0.2, -0.15) is 0 Å². The fourth-order valence-electron chi connectivity index (χ4n) is 0.932. The molecule has 0 radical (unpaired) electrons. The highest BCUT2D eigenvalue weighted by molar-refractivity contribution is 6.35. The second-order valence-corrected chi connectivity index (χ2v) is 3.64. The highest BCUT2D eigenvalue weighted by atomic mass is 35.5. The molecule has 1 N–H and O–H groups in total. The molecule has 6 heteroatoms. The van der Waals surface area contributed by atoms with E-state index in [2.05, 4.69) is 4.98 Å². The molecule has 1 aromatic rings. The van der Waals surface area contributed by atoms with E-state index in [1.54, 1.807) is 6.92 Å². The molecule has 1 heterocycles. The van der Waals surface area contributed by atoms with Crippen molar-refractivity contribution < 1.29 is 14.6 Å². The van der Waals surface area contributed by atoms with Gasteiger partial charge in [0.25, 0.3) is 0 Å². The molecule has 0 fully saturated rings. The second kappa shape index (κ2) is 5.19. The van der Waals surface area contributed by atoms with Gasteiger partial charge in [-0.25, -0.2) is 9.78 Å². The first-order valence-electron chi connectivity index (χ1n) is 4.25. The minimum atomic E-state index is -1.05. The Hall–Kier alpha value is -1.00. The third-order valence-electron chi connectivity index (χ3n) is 1.67. The fraction of sp³-hybridized carbons (Fsp3) is 0.333. The number of aromatic nitrogens is 1. The van der Waals surface area contributed by atoms with Crippen LogP contribution in [0, 0.1) is 0 Å². The van der Waals surface area contributed by atoms with Crippen LogP contribution in [0.1, 0.15) is 13.3 Å². The third kappa shape index (κ3) is 3.25. The topological polar surface area (TPSA) is 59.4 Å². The average Bonchev–Trinajstić information content (AvgIpc) is 2.16. The molecule has 4 nitrogen and oxygen atoms in total. The Morgan fingerprint density at radius 2 is 2.33 bits per heavy atom. The first-order chi connectivity index (χ1) is 7.04. The maximum Gasteiger partial charge on any atom is 0.344 e. The number of ether oxygens (including phenoxy) is 1. The Bertz CT molecular complexity index is 370. The van der Waals surface area contributed by atoms with Gasteiger partial charge in [0.15, 0.2) is 6.10 Å². The van der Waals surface area contributed by atoms with E-state index in [9.17, 15) is 4.79 Å². The maximum absolute atomic E-state index is 10.7. The zero-order valence-electron chi connectivity index (χ0n) is 7.91.